The first-order valence-electron chi connectivity index (χ1n) is 15.5. The van der Waals surface area contributed by atoms with Crippen molar-refractivity contribution in [2.75, 3.05) is 0 Å². The lowest BCUT2D eigenvalue weighted by Crippen LogP contribution is -2.28. The molecule has 0 aliphatic heterocycles. The van der Waals surface area contributed by atoms with Crippen molar-refractivity contribution in [2.45, 2.75) is 107 Å². The predicted molar refractivity (Wildman–Crippen MR) is 186 cm³/mol. The molecule has 0 heterocycles. The molecular weight excluding hydrogens is 528 g/mol. The van der Waals surface area contributed by atoms with Gasteiger partial charge in [-0.25, -0.2) is 0 Å². The minimum atomic E-state index is -0.459. The first kappa shape index (κ1) is 37.7. The highest BCUT2D eigenvalue weighted by molar-refractivity contribution is 5.94. The maximum Gasteiger partial charge on any atom is 0.161 e. The van der Waals surface area contributed by atoms with Crippen LogP contribution in [0.4, 0.5) is 0 Å². The summed E-state index contributed by atoms with van der Waals surface area (Å²) in [6.07, 6.45) is 31.7. The van der Waals surface area contributed by atoms with E-state index in [0.717, 1.165) is 36.0 Å². The molecule has 1 N–H and O–H groups in total. The van der Waals surface area contributed by atoms with Gasteiger partial charge < -0.3 is 9.90 Å². The van der Waals surface area contributed by atoms with Gasteiger partial charge in [0.25, 0.3) is 0 Å². The molecule has 1 rings (SSSR count). The van der Waals surface area contributed by atoms with Crippen LogP contribution < -0.4 is 0 Å². The fourth-order valence-corrected chi connectivity index (χ4v) is 5.07. The van der Waals surface area contributed by atoms with Crippen LogP contribution in [0.3, 0.4) is 0 Å². The van der Waals surface area contributed by atoms with Crippen molar-refractivity contribution in [1.82, 2.24) is 0 Å². The van der Waals surface area contributed by atoms with Crippen molar-refractivity contribution in [3.8, 4) is 0 Å². The van der Waals surface area contributed by atoms with Crippen LogP contribution in [0.5, 0.6) is 0 Å². The molecular formula is C40H56O3. The summed E-state index contributed by atoms with van der Waals surface area (Å²) in [5, 5.41) is 10.1. The summed E-state index contributed by atoms with van der Waals surface area (Å²) >= 11 is 0. The van der Waals surface area contributed by atoms with Gasteiger partial charge in [0.1, 0.15) is 5.78 Å². The number of Topliss-reactive ketones (excluding diaryl/α,β-unsaturated/α-hetero) is 1. The zero-order valence-electron chi connectivity index (χ0n) is 28.5. The molecule has 1 aliphatic carbocycles. The van der Waals surface area contributed by atoms with Gasteiger partial charge in [-0.2, -0.15) is 0 Å². The summed E-state index contributed by atoms with van der Waals surface area (Å²) in [4.78, 5) is 23.7. The number of hydrogen-bond acceptors (Lipinski definition) is 3. The number of allylic oxidation sites excluding steroid dienone is 19. The number of aliphatic hydroxyl groups is 1. The second kappa shape index (κ2) is 18.4. The van der Waals surface area contributed by atoms with E-state index in [1.165, 1.54) is 16.7 Å². The van der Waals surface area contributed by atoms with Crippen LogP contribution in [-0.4, -0.2) is 22.8 Å². The van der Waals surface area contributed by atoms with Crippen LogP contribution in [0.15, 0.2) is 119 Å². The lowest BCUT2D eigenvalue weighted by molar-refractivity contribution is -0.123. The van der Waals surface area contributed by atoms with Crippen LogP contribution in [0.25, 0.3) is 0 Å². The Labute approximate surface area is 262 Å². The van der Waals surface area contributed by atoms with Gasteiger partial charge in [-0.15, -0.1) is 0 Å². The standard InChI is InChI=1S/C40H56O3/c1-30(18-13-20-32(3)23-25-37-34(5)28-36(42)29-40(37,9)10)16-11-12-17-31(2)19-14-21-33(4)24-26-38(43)39(7,8)27-15-22-35(6)41/h11-14,16-21,23-26,36,42H,15,22,27-29H2,1-10H3. The minimum absolute atomic E-state index is 0.00629. The molecule has 43 heavy (non-hydrogen) atoms. The number of rotatable bonds is 15. The van der Waals surface area contributed by atoms with E-state index in [2.05, 4.69) is 84.1 Å². The first-order valence-corrected chi connectivity index (χ1v) is 15.5. The van der Waals surface area contributed by atoms with Crippen molar-refractivity contribution in [3.63, 3.8) is 0 Å². The maximum atomic E-state index is 12.6. The average molecular weight is 585 g/mol. The van der Waals surface area contributed by atoms with Gasteiger partial charge in [-0.3, -0.25) is 4.79 Å². The fourth-order valence-electron chi connectivity index (χ4n) is 5.07. The minimum Gasteiger partial charge on any atom is -0.393 e. The van der Waals surface area contributed by atoms with E-state index >= 15 is 0 Å². The zero-order valence-corrected chi connectivity index (χ0v) is 28.5. The van der Waals surface area contributed by atoms with E-state index in [1.807, 2.05) is 57.2 Å². The van der Waals surface area contributed by atoms with E-state index in [0.29, 0.717) is 12.8 Å². The summed E-state index contributed by atoms with van der Waals surface area (Å²) in [6.45, 7) is 20.2. The number of ketones is 2. The predicted octanol–water partition coefficient (Wildman–Crippen LogP) is 10.4. The molecule has 3 heteroatoms. The largest absolute Gasteiger partial charge is 0.393 e. The van der Waals surface area contributed by atoms with Crippen molar-refractivity contribution in [3.05, 3.63) is 119 Å². The van der Waals surface area contributed by atoms with Gasteiger partial charge in [0.05, 0.1) is 6.10 Å². The van der Waals surface area contributed by atoms with E-state index in [4.69, 9.17) is 0 Å². The summed E-state index contributed by atoms with van der Waals surface area (Å²) in [7, 11) is 0. The third-order valence-electron chi connectivity index (χ3n) is 7.75. The zero-order chi connectivity index (χ0) is 32.6. The Morgan fingerprint density at radius 2 is 1.28 bits per heavy atom. The van der Waals surface area contributed by atoms with Gasteiger partial charge >= 0.3 is 0 Å². The second-order valence-corrected chi connectivity index (χ2v) is 13.4. The third kappa shape index (κ3) is 15.7. The Balaban J connectivity index is 2.63. The molecule has 1 atom stereocenters. The van der Waals surface area contributed by atoms with Crippen LogP contribution in [-0.2, 0) is 9.59 Å². The Morgan fingerprint density at radius 1 is 0.791 bits per heavy atom. The Kier molecular flexibility index (Phi) is 16.1. The molecule has 0 saturated carbocycles. The number of hydrogen-bond donors (Lipinski definition) is 1. The van der Waals surface area contributed by atoms with Crippen LogP contribution in [0.1, 0.15) is 101 Å². The summed E-state index contributed by atoms with van der Waals surface area (Å²) in [6, 6.07) is 0. The van der Waals surface area contributed by atoms with E-state index in [-0.39, 0.29) is 23.1 Å². The number of carbonyl (C=O) groups excluding carboxylic acids is 2. The SMILES string of the molecule is CC(=O)CCCC(C)(C)C(=O)C=CC(C)=CC=CC(C)=CC=CC=C(C)C=CC=C(C)C=CC1=C(C)CC(O)CC1(C)C. The molecule has 0 aromatic carbocycles. The van der Waals surface area contributed by atoms with Crippen LogP contribution in [0, 0.1) is 10.8 Å². The Hall–Kier alpha value is -3.30. The molecule has 0 spiro atoms. The topological polar surface area (TPSA) is 54.4 Å². The smallest absolute Gasteiger partial charge is 0.161 e. The van der Waals surface area contributed by atoms with Gasteiger partial charge in [-0.05, 0) is 84.3 Å². The molecule has 0 bridgehead atoms. The van der Waals surface area contributed by atoms with Crippen molar-refractivity contribution >= 4 is 11.6 Å². The van der Waals surface area contributed by atoms with E-state index in [9.17, 15) is 14.7 Å². The molecule has 1 aliphatic rings. The quantitative estimate of drug-likeness (QED) is 0.154. The van der Waals surface area contributed by atoms with Gasteiger partial charge in [0.2, 0.25) is 0 Å². The van der Waals surface area contributed by atoms with Gasteiger partial charge in [-0.1, -0.05) is 135 Å². The number of carbonyl (C=O) groups is 2. The summed E-state index contributed by atoms with van der Waals surface area (Å²) in [5.41, 5.74) is 6.62. The molecule has 0 radical (unpaired) electrons. The molecule has 0 aromatic rings. The summed E-state index contributed by atoms with van der Waals surface area (Å²) < 4.78 is 0. The van der Waals surface area contributed by atoms with Crippen molar-refractivity contribution < 1.29 is 14.7 Å². The summed E-state index contributed by atoms with van der Waals surface area (Å²) in [5.74, 6) is 0.256. The molecule has 1 unspecified atom stereocenters. The normalized spacial score (nSPS) is 19.7. The lowest BCUT2D eigenvalue weighted by atomic mass is 9.71. The molecule has 0 amide bonds. The average Bonchev–Trinajstić information content (AvgIpc) is 2.88. The van der Waals surface area contributed by atoms with Gasteiger partial charge in [0, 0.05) is 11.8 Å². The highest BCUT2D eigenvalue weighted by Crippen LogP contribution is 2.41. The fraction of sp³-hybridized carbons (Fsp3) is 0.450. The highest BCUT2D eigenvalue weighted by atomic mass is 16.3. The first-order chi connectivity index (χ1) is 20.0. The van der Waals surface area contributed by atoms with Crippen LogP contribution >= 0.6 is 0 Å². The molecule has 0 aromatic heterocycles. The third-order valence-corrected chi connectivity index (χ3v) is 7.75. The van der Waals surface area contributed by atoms with Crippen molar-refractivity contribution in [2.24, 2.45) is 10.8 Å². The van der Waals surface area contributed by atoms with Gasteiger partial charge in [0.15, 0.2) is 5.78 Å². The van der Waals surface area contributed by atoms with E-state index in [1.54, 1.807) is 13.0 Å². The maximum absolute atomic E-state index is 12.6. The number of aliphatic hydroxyl groups excluding tert-OH is 1. The molecule has 0 fully saturated rings. The Morgan fingerprint density at radius 3 is 1.79 bits per heavy atom. The van der Waals surface area contributed by atoms with E-state index < -0.39 is 5.41 Å². The van der Waals surface area contributed by atoms with Crippen LogP contribution in [0.2, 0.25) is 0 Å². The second-order valence-electron chi connectivity index (χ2n) is 13.4. The lowest BCUT2D eigenvalue weighted by Gasteiger charge is -2.35. The highest BCUT2D eigenvalue weighted by Gasteiger charge is 2.31. The Bertz CT molecular complexity index is 1280. The van der Waals surface area contributed by atoms with Crippen molar-refractivity contribution in [1.29, 1.82) is 0 Å². The molecule has 234 valence electrons. The molecule has 3 nitrogen and oxygen atoms in total. The monoisotopic (exact) mass is 584 g/mol. The molecule has 0 saturated heterocycles.